The third kappa shape index (κ3) is 4.14. The van der Waals surface area contributed by atoms with Gasteiger partial charge in [-0.05, 0) is 54.3 Å². The molecule has 0 spiro atoms. The zero-order valence-corrected chi connectivity index (χ0v) is 18.3. The highest BCUT2D eigenvalue weighted by atomic mass is 35.5. The normalized spacial score (nSPS) is 15.9. The number of methoxy groups -OCH3 is 1. The van der Waals surface area contributed by atoms with E-state index in [4.69, 9.17) is 16.3 Å². The number of halogens is 1. The van der Waals surface area contributed by atoms with E-state index < -0.39 is 10.0 Å². The Morgan fingerprint density at radius 1 is 1.04 bits per heavy atom. The van der Waals surface area contributed by atoms with Gasteiger partial charge in [0, 0.05) is 36.9 Å². The summed E-state index contributed by atoms with van der Waals surface area (Å²) in [5.41, 5.74) is 3.10. The van der Waals surface area contributed by atoms with Gasteiger partial charge in [-0.2, -0.15) is 4.31 Å². The summed E-state index contributed by atoms with van der Waals surface area (Å²) in [5.74, 6) is 0.892. The van der Waals surface area contributed by atoms with Crippen LogP contribution in [0.1, 0.15) is 30.9 Å². The van der Waals surface area contributed by atoms with Crippen LogP contribution in [0.2, 0.25) is 5.02 Å². The molecule has 1 aliphatic rings. The van der Waals surface area contributed by atoms with Crippen LogP contribution in [0.15, 0.2) is 41.3 Å². The van der Waals surface area contributed by atoms with Gasteiger partial charge in [0.25, 0.3) is 0 Å². The number of aryl methyl sites for hydroxylation is 1. The Morgan fingerprint density at radius 2 is 1.71 bits per heavy atom. The second-order valence-electron chi connectivity index (χ2n) is 7.38. The third-order valence-corrected chi connectivity index (χ3v) is 7.34. The lowest BCUT2D eigenvalue weighted by molar-refractivity contribution is 0.384. The van der Waals surface area contributed by atoms with Crippen LogP contribution in [0.25, 0.3) is 0 Å². The zero-order valence-electron chi connectivity index (χ0n) is 16.8. The molecular formula is C21H27ClN2O3S. The van der Waals surface area contributed by atoms with Crippen molar-refractivity contribution < 1.29 is 13.2 Å². The number of anilines is 1. The lowest BCUT2D eigenvalue weighted by Crippen LogP contribution is -2.48. The van der Waals surface area contributed by atoms with Crippen molar-refractivity contribution in [1.82, 2.24) is 4.31 Å². The molecule has 0 unspecified atom stereocenters. The Hall–Kier alpha value is -1.76. The predicted octanol–water partition coefficient (Wildman–Crippen LogP) is 4.29. The van der Waals surface area contributed by atoms with Crippen LogP contribution < -0.4 is 9.64 Å². The molecule has 1 saturated heterocycles. The van der Waals surface area contributed by atoms with Gasteiger partial charge in [-0.25, -0.2) is 8.42 Å². The second-order valence-corrected chi connectivity index (χ2v) is 9.75. The van der Waals surface area contributed by atoms with Crippen molar-refractivity contribution in [1.29, 1.82) is 0 Å². The van der Waals surface area contributed by atoms with E-state index in [0.717, 1.165) is 22.6 Å². The number of piperazine rings is 1. The van der Waals surface area contributed by atoms with Gasteiger partial charge < -0.3 is 9.64 Å². The van der Waals surface area contributed by atoms with Crippen LogP contribution in [0.3, 0.4) is 0 Å². The van der Waals surface area contributed by atoms with Crippen molar-refractivity contribution >= 4 is 27.3 Å². The molecule has 0 radical (unpaired) electrons. The topological polar surface area (TPSA) is 49.9 Å². The summed E-state index contributed by atoms with van der Waals surface area (Å²) in [7, 11) is -1.94. The number of nitrogens with zero attached hydrogens (tertiary/aromatic N) is 2. The number of hydrogen-bond acceptors (Lipinski definition) is 4. The van der Waals surface area contributed by atoms with E-state index in [1.54, 1.807) is 29.6 Å². The predicted molar refractivity (Wildman–Crippen MR) is 114 cm³/mol. The average Bonchev–Trinajstić information content (AvgIpc) is 2.69. The Morgan fingerprint density at radius 3 is 2.32 bits per heavy atom. The second kappa shape index (κ2) is 8.31. The van der Waals surface area contributed by atoms with E-state index in [0.29, 0.717) is 36.1 Å². The summed E-state index contributed by atoms with van der Waals surface area (Å²) < 4.78 is 33.3. The van der Waals surface area contributed by atoms with Gasteiger partial charge in [-0.1, -0.05) is 31.5 Å². The van der Waals surface area contributed by atoms with Gasteiger partial charge in [0.15, 0.2) is 0 Å². The maximum atomic E-state index is 13.2. The van der Waals surface area contributed by atoms with E-state index >= 15 is 0 Å². The van der Waals surface area contributed by atoms with Crippen molar-refractivity contribution in [3.63, 3.8) is 0 Å². The molecular weight excluding hydrogens is 396 g/mol. The van der Waals surface area contributed by atoms with E-state index in [2.05, 4.69) is 4.90 Å². The summed E-state index contributed by atoms with van der Waals surface area (Å²) >= 11 is 6.14. The highest BCUT2D eigenvalue weighted by Gasteiger charge is 2.29. The summed E-state index contributed by atoms with van der Waals surface area (Å²) in [5, 5.41) is 0.690. The first-order valence-electron chi connectivity index (χ1n) is 9.43. The van der Waals surface area contributed by atoms with Crippen LogP contribution in [-0.2, 0) is 10.0 Å². The molecule has 5 nitrogen and oxygen atoms in total. The van der Waals surface area contributed by atoms with Gasteiger partial charge in [0.05, 0.1) is 12.0 Å². The highest BCUT2D eigenvalue weighted by Crippen LogP contribution is 2.31. The first kappa shape index (κ1) is 21.0. The first-order chi connectivity index (χ1) is 13.2. The van der Waals surface area contributed by atoms with Gasteiger partial charge in [0.1, 0.15) is 5.75 Å². The van der Waals surface area contributed by atoms with Gasteiger partial charge in [-0.3, -0.25) is 0 Å². The van der Waals surface area contributed by atoms with Crippen molar-refractivity contribution in [3.05, 3.63) is 52.5 Å². The van der Waals surface area contributed by atoms with E-state index in [1.165, 1.54) is 0 Å². The minimum atomic E-state index is -3.54. The number of ether oxygens (including phenoxy) is 1. The zero-order chi connectivity index (χ0) is 20.5. The van der Waals surface area contributed by atoms with E-state index in [1.807, 2.05) is 39.0 Å². The van der Waals surface area contributed by atoms with Crippen LogP contribution in [0, 0.1) is 6.92 Å². The number of benzene rings is 2. The van der Waals surface area contributed by atoms with Crippen LogP contribution in [-0.4, -0.2) is 46.0 Å². The molecule has 3 rings (SSSR count). The summed E-state index contributed by atoms with van der Waals surface area (Å²) in [6, 6.07) is 10.9. The maximum absolute atomic E-state index is 13.2. The molecule has 2 aromatic rings. The van der Waals surface area contributed by atoms with Gasteiger partial charge >= 0.3 is 0 Å². The Kier molecular flexibility index (Phi) is 6.22. The number of sulfonamides is 1. The summed E-state index contributed by atoms with van der Waals surface area (Å²) in [4.78, 5) is 2.52. The minimum absolute atomic E-state index is 0.174. The quantitative estimate of drug-likeness (QED) is 0.721. The molecule has 28 heavy (non-hydrogen) atoms. The highest BCUT2D eigenvalue weighted by molar-refractivity contribution is 7.89. The molecule has 0 aromatic heterocycles. The molecule has 0 N–H and O–H groups in total. The van der Waals surface area contributed by atoms with E-state index in [-0.39, 0.29) is 5.92 Å². The molecule has 0 bridgehead atoms. The van der Waals surface area contributed by atoms with Crippen molar-refractivity contribution in [2.75, 3.05) is 38.2 Å². The number of rotatable bonds is 5. The Labute approximate surface area is 172 Å². The smallest absolute Gasteiger partial charge is 0.243 e. The van der Waals surface area contributed by atoms with Crippen molar-refractivity contribution in [2.24, 2.45) is 0 Å². The molecule has 0 saturated carbocycles. The van der Waals surface area contributed by atoms with E-state index in [9.17, 15) is 8.42 Å². The fraction of sp³-hybridized carbons (Fsp3) is 0.429. The monoisotopic (exact) mass is 422 g/mol. The van der Waals surface area contributed by atoms with Crippen LogP contribution in [0.4, 0.5) is 5.69 Å². The summed E-state index contributed by atoms with van der Waals surface area (Å²) in [6.45, 7) is 8.25. The number of hydrogen-bond donors (Lipinski definition) is 0. The fourth-order valence-electron chi connectivity index (χ4n) is 3.57. The maximum Gasteiger partial charge on any atom is 0.243 e. The molecule has 7 heteroatoms. The molecule has 2 aromatic carbocycles. The lowest BCUT2D eigenvalue weighted by Gasteiger charge is -2.36. The SMILES string of the molecule is COc1ccc(S(=O)(=O)N2CCN(c3cc(Cl)ccc3C)CC2)cc1C(C)C. The Balaban J connectivity index is 1.80. The largest absolute Gasteiger partial charge is 0.496 e. The Bertz CT molecular complexity index is 952. The third-order valence-electron chi connectivity index (χ3n) is 5.21. The molecule has 1 aliphatic heterocycles. The minimum Gasteiger partial charge on any atom is -0.496 e. The average molecular weight is 423 g/mol. The molecule has 0 aliphatic carbocycles. The molecule has 0 atom stereocenters. The molecule has 1 fully saturated rings. The molecule has 1 heterocycles. The molecule has 152 valence electrons. The van der Waals surface area contributed by atoms with Crippen LogP contribution >= 0.6 is 11.6 Å². The lowest BCUT2D eigenvalue weighted by atomic mass is 10.0. The molecule has 0 amide bonds. The first-order valence-corrected chi connectivity index (χ1v) is 11.2. The van der Waals surface area contributed by atoms with Gasteiger partial charge in [0.2, 0.25) is 10.0 Å². The van der Waals surface area contributed by atoms with Gasteiger partial charge in [-0.15, -0.1) is 0 Å². The van der Waals surface area contributed by atoms with Crippen molar-refractivity contribution in [2.45, 2.75) is 31.6 Å². The summed E-state index contributed by atoms with van der Waals surface area (Å²) in [6.07, 6.45) is 0. The standard InChI is InChI=1S/C21H27ClN2O3S/c1-15(2)19-14-18(7-8-21(19)27-4)28(25,26)24-11-9-23(10-12-24)20-13-17(22)6-5-16(20)3/h5-8,13-15H,9-12H2,1-4H3. The van der Waals surface area contributed by atoms with Crippen LogP contribution in [0.5, 0.6) is 5.75 Å². The fourth-order valence-corrected chi connectivity index (χ4v) is 5.19. The van der Waals surface area contributed by atoms with Crippen molar-refractivity contribution in [3.8, 4) is 5.75 Å².